The second-order valence-electron chi connectivity index (χ2n) is 7.14. The molecule has 3 aromatic rings. The maximum absolute atomic E-state index is 13.4. The van der Waals surface area contributed by atoms with Gasteiger partial charge in [-0.15, -0.1) is 0 Å². The minimum absolute atomic E-state index is 0.0140. The predicted octanol–water partition coefficient (Wildman–Crippen LogP) is 0.403. The lowest BCUT2D eigenvalue weighted by Gasteiger charge is -2.19. The first kappa shape index (κ1) is 21.7. The van der Waals surface area contributed by atoms with Crippen LogP contribution in [0, 0.1) is 0 Å². The first-order valence-electron chi connectivity index (χ1n) is 9.44. The molecule has 0 bridgehead atoms. The van der Waals surface area contributed by atoms with Gasteiger partial charge in [-0.05, 0) is 18.2 Å². The molecule has 4 rings (SSSR count). The lowest BCUT2D eigenvalue weighted by atomic mass is 10.1. The second-order valence-corrected chi connectivity index (χ2v) is 7.14. The average Bonchev–Trinajstić information content (AvgIpc) is 3.04. The van der Waals surface area contributed by atoms with Gasteiger partial charge in [0, 0.05) is 17.7 Å². The van der Waals surface area contributed by atoms with Crippen LogP contribution in [0.3, 0.4) is 0 Å². The summed E-state index contributed by atoms with van der Waals surface area (Å²) in [5, 5.41) is 58.9. The fourth-order valence-electron chi connectivity index (χ4n) is 3.45. The lowest BCUT2D eigenvalue weighted by Crippen LogP contribution is -2.36. The minimum atomic E-state index is -1.59. The van der Waals surface area contributed by atoms with Gasteiger partial charge >= 0.3 is 0 Å². The van der Waals surface area contributed by atoms with Crippen LogP contribution in [0.2, 0.25) is 0 Å². The van der Waals surface area contributed by atoms with Gasteiger partial charge in [-0.3, -0.25) is 4.79 Å². The van der Waals surface area contributed by atoms with Crippen molar-refractivity contribution >= 4 is 11.0 Å². The fourth-order valence-corrected chi connectivity index (χ4v) is 3.45. The molecule has 2 heterocycles. The van der Waals surface area contributed by atoms with Crippen LogP contribution in [0.25, 0.3) is 22.3 Å². The Labute approximate surface area is 179 Å². The van der Waals surface area contributed by atoms with Crippen molar-refractivity contribution in [1.29, 1.82) is 0 Å². The number of ether oxygens (including phenoxy) is 3. The normalized spacial score (nSPS) is 22.9. The summed E-state index contributed by atoms with van der Waals surface area (Å²) in [5.41, 5.74) is -0.713. The predicted molar refractivity (Wildman–Crippen MR) is 108 cm³/mol. The summed E-state index contributed by atoms with van der Waals surface area (Å²) in [5.74, 6) is -1.85. The summed E-state index contributed by atoms with van der Waals surface area (Å²) >= 11 is 0. The van der Waals surface area contributed by atoms with Gasteiger partial charge in [0.1, 0.15) is 40.8 Å². The van der Waals surface area contributed by atoms with Gasteiger partial charge in [-0.1, -0.05) is 0 Å². The maximum atomic E-state index is 13.4. The zero-order valence-corrected chi connectivity index (χ0v) is 16.6. The summed E-state index contributed by atoms with van der Waals surface area (Å²) in [6.07, 6.45) is -5.74. The van der Waals surface area contributed by atoms with E-state index < -0.39 is 53.9 Å². The highest BCUT2D eigenvalue weighted by atomic mass is 16.7. The number of fused-ring (bicyclic) bond motifs is 1. The molecule has 0 saturated carbocycles. The van der Waals surface area contributed by atoms with Gasteiger partial charge in [-0.2, -0.15) is 0 Å². The molecule has 1 aromatic heterocycles. The number of hydrogen-bond acceptors (Lipinski definition) is 11. The van der Waals surface area contributed by atoms with E-state index >= 15 is 0 Å². The van der Waals surface area contributed by atoms with Crippen LogP contribution >= 0.6 is 0 Å². The molecule has 4 atom stereocenters. The van der Waals surface area contributed by atoms with Gasteiger partial charge < -0.3 is 49.3 Å². The third-order valence-electron chi connectivity index (χ3n) is 5.09. The van der Waals surface area contributed by atoms with E-state index in [1.165, 1.54) is 25.3 Å². The van der Waals surface area contributed by atoms with Crippen LogP contribution in [0.1, 0.15) is 0 Å². The van der Waals surface area contributed by atoms with Crippen molar-refractivity contribution in [3.05, 3.63) is 40.6 Å². The SMILES string of the molecule is COc1cc(O)cc2oc(-c3ccc(O)c(O)c3)c(O[C@H]3O[C@@H](CO)[C@H](O)[C@H]3O)c(=O)c12. The second kappa shape index (κ2) is 8.20. The van der Waals surface area contributed by atoms with Crippen LogP contribution in [0.5, 0.6) is 28.7 Å². The quantitative estimate of drug-likeness (QED) is 0.298. The number of methoxy groups -OCH3 is 1. The van der Waals surface area contributed by atoms with E-state index in [0.717, 1.165) is 12.1 Å². The standard InChI is InChI=1S/C21H20O11/c1-29-12-5-9(23)6-13-15(12)17(27)20(32-21-18(28)16(26)14(7-22)31-21)19(30-13)8-2-3-10(24)11(25)4-8/h2-6,14,16,18,21-26,28H,7H2,1H3/t14-,16-,18+,21+/m0/s1. The molecule has 0 aliphatic carbocycles. The smallest absolute Gasteiger partial charge is 0.239 e. The Balaban J connectivity index is 1.94. The molecule has 1 aliphatic heterocycles. The number of benzene rings is 2. The number of phenols is 3. The van der Waals surface area contributed by atoms with Gasteiger partial charge in [-0.25, -0.2) is 0 Å². The Morgan fingerprint density at radius 3 is 2.41 bits per heavy atom. The Kier molecular flexibility index (Phi) is 5.57. The monoisotopic (exact) mass is 448 g/mol. The zero-order valence-electron chi connectivity index (χ0n) is 16.6. The summed E-state index contributed by atoms with van der Waals surface area (Å²) in [7, 11) is 1.28. The van der Waals surface area contributed by atoms with Gasteiger partial charge in [0.25, 0.3) is 0 Å². The molecule has 2 aromatic carbocycles. The minimum Gasteiger partial charge on any atom is -0.508 e. The molecule has 0 amide bonds. The van der Waals surface area contributed by atoms with Crippen molar-refractivity contribution < 1.29 is 49.3 Å². The van der Waals surface area contributed by atoms with Crippen LogP contribution < -0.4 is 14.9 Å². The topological polar surface area (TPSA) is 179 Å². The molecular weight excluding hydrogens is 428 g/mol. The molecule has 6 N–H and O–H groups in total. The van der Waals surface area contributed by atoms with Crippen LogP contribution in [0.15, 0.2) is 39.5 Å². The summed E-state index contributed by atoms with van der Waals surface area (Å²) in [6.45, 7) is -0.601. The van der Waals surface area contributed by atoms with Gasteiger partial charge in [0.15, 0.2) is 17.3 Å². The van der Waals surface area contributed by atoms with E-state index in [9.17, 15) is 35.4 Å². The highest BCUT2D eigenvalue weighted by molar-refractivity contribution is 5.88. The van der Waals surface area contributed by atoms with Crippen molar-refractivity contribution in [2.45, 2.75) is 24.6 Å². The van der Waals surface area contributed by atoms with Gasteiger partial charge in [0.05, 0.1) is 13.7 Å². The van der Waals surface area contributed by atoms with Crippen molar-refractivity contribution in [2.24, 2.45) is 0 Å². The maximum Gasteiger partial charge on any atom is 0.239 e. The summed E-state index contributed by atoms with van der Waals surface area (Å²) in [4.78, 5) is 13.4. The summed E-state index contributed by atoms with van der Waals surface area (Å²) < 4.78 is 21.9. The first-order chi connectivity index (χ1) is 15.2. The molecule has 0 unspecified atom stereocenters. The van der Waals surface area contributed by atoms with E-state index in [1.54, 1.807) is 0 Å². The number of aromatic hydroxyl groups is 3. The number of aliphatic hydroxyl groups excluding tert-OH is 3. The zero-order chi connectivity index (χ0) is 23.2. The molecule has 11 heteroatoms. The first-order valence-corrected chi connectivity index (χ1v) is 9.44. The molecule has 1 aliphatic rings. The van der Waals surface area contributed by atoms with Crippen LogP contribution in [0.4, 0.5) is 0 Å². The molecule has 32 heavy (non-hydrogen) atoms. The van der Waals surface area contributed by atoms with Crippen molar-refractivity contribution in [3.63, 3.8) is 0 Å². The Hall–Kier alpha value is -3.51. The third kappa shape index (κ3) is 3.56. The Morgan fingerprint density at radius 1 is 1.03 bits per heavy atom. The van der Waals surface area contributed by atoms with E-state index in [1.807, 2.05) is 0 Å². The van der Waals surface area contributed by atoms with E-state index in [2.05, 4.69) is 0 Å². The fraction of sp³-hybridized carbons (Fsp3) is 0.286. The third-order valence-corrected chi connectivity index (χ3v) is 5.09. The van der Waals surface area contributed by atoms with Crippen molar-refractivity contribution in [3.8, 4) is 40.1 Å². The highest BCUT2D eigenvalue weighted by Gasteiger charge is 2.44. The number of phenolic OH excluding ortho intramolecular Hbond substituents is 3. The largest absolute Gasteiger partial charge is 0.508 e. The summed E-state index contributed by atoms with van der Waals surface area (Å²) in [6, 6.07) is 5.99. The Morgan fingerprint density at radius 2 is 1.78 bits per heavy atom. The van der Waals surface area contributed by atoms with E-state index in [-0.39, 0.29) is 33.8 Å². The van der Waals surface area contributed by atoms with Crippen LogP contribution in [-0.2, 0) is 4.74 Å². The molecule has 1 saturated heterocycles. The van der Waals surface area contributed by atoms with Crippen molar-refractivity contribution in [2.75, 3.05) is 13.7 Å². The molecule has 170 valence electrons. The number of hydrogen-bond donors (Lipinski definition) is 6. The molecule has 0 radical (unpaired) electrons. The number of aliphatic hydroxyl groups is 3. The molecule has 11 nitrogen and oxygen atoms in total. The lowest BCUT2D eigenvalue weighted by molar-refractivity contribution is -0.117. The van der Waals surface area contributed by atoms with Crippen molar-refractivity contribution in [1.82, 2.24) is 0 Å². The average molecular weight is 448 g/mol. The highest BCUT2D eigenvalue weighted by Crippen LogP contribution is 2.39. The molecular formula is C21H20O11. The van der Waals surface area contributed by atoms with Crippen LogP contribution in [-0.4, -0.2) is 69.0 Å². The molecule has 0 spiro atoms. The number of rotatable bonds is 5. The van der Waals surface area contributed by atoms with E-state index in [4.69, 9.17) is 18.6 Å². The van der Waals surface area contributed by atoms with Gasteiger partial charge in [0.2, 0.25) is 17.5 Å². The molecule has 1 fully saturated rings. The van der Waals surface area contributed by atoms with E-state index in [0.29, 0.717) is 0 Å². The Bertz CT molecular complexity index is 1220.